The van der Waals surface area contributed by atoms with Crippen LogP contribution in [0.4, 0.5) is 4.79 Å². The molecule has 1 saturated heterocycles. The molecule has 2 amide bonds. The number of carbonyl (C=O) groups is 2. The van der Waals surface area contributed by atoms with Crippen LogP contribution in [0.1, 0.15) is 44.0 Å². The predicted octanol–water partition coefficient (Wildman–Crippen LogP) is 3.22. The first-order chi connectivity index (χ1) is 10.3. The highest BCUT2D eigenvalue weighted by Crippen LogP contribution is 2.20. The molecular formula is C16H24N2O3S. The van der Waals surface area contributed by atoms with Crippen molar-refractivity contribution in [1.82, 2.24) is 9.80 Å². The Morgan fingerprint density at radius 1 is 1.41 bits per heavy atom. The van der Waals surface area contributed by atoms with Crippen molar-refractivity contribution in [2.24, 2.45) is 0 Å². The minimum absolute atomic E-state index is 0.00573. The van der Waals surface area contributed by atoms with Crippen molar-refractivity contribution in [2.45, 2.75) is 45.3 Å². The van der Waals surface area contributed by atoms with Gasteiger partial charge in [0.1, 0.15) is 5.60 Å². The molecule has 1 aliphatic heterocycles. The van der Waals surface area contributed by atoms with Gasteiger partial charge in [-0.25, -0.2) is 4.79 Å². The van der Waals surface area contributed by atoms with Crippen molar-refractivity contribution in [2.75, 3.05) is 20.1 Å². The summed E-state index contributed by atoms with van der Waals surface area (Å²) in [6.45, 7) is 6.86. The summed E-state index contributed by atoms with van der Waals surface area (Å²) in [6, 6.07) is 1.85. The maximum Gasteiger partial charge on any atom is 0.410 e. The normalized spacial score (nSPS) is 18.9. The minimum atomic E-state index is -0.508. The second-order valence-corrected chi connectivity index (χ2v) is 7.43. The van der Waals surface area contributed by atoms with Gasteiger partial charge in [-0.3, -0.25) is 4.79 Å². The van der Waals surface area contributed by atoms with Crippen molar-refractivity contribution < 1.29 is 14.3 Å². The Morgan fingerprint density at radius 3 is 2.73 bits per heavy atom. The van der Waals surface area contributed by atoms with Gasteiger partial charge in [-0.05, 0) is 45.1 Å². The lowest BCUT2D eigenvalue weighted by Gasteiger charge is -2.38. The summed E-state index contributed by atoms with van der Waals surface area (Å²) < 4.78 is 5.41. The number of thiophene rings is 1. The Morgan fingerprint density at radius 2 is 2.14 bits per heavy atom. The molecule has 2 rings (SSSR count). The number of piperidine rings is 1. The third-order valence-corrected chi connectivity index (χ3v) is 4.36. The van der Waals surface area contributed by atoms with Crippen LogP contribution < -0.4 is 0 Å². The van der Waals surface area contributed by atoms with Gasteiger partial charge in [-0.2, -0.15) is 11.3 Å². The maximum absolute atomic E-state index is 12.4. The highest BCUT2D eigenvalue weighted by Gasteiger charge is 2.31. The molecule has 6 heteroatoms. The van der Waals surface area contributed by atoms with E-state index in [0.29, 0.717) is 6.54 Å². The van der Waals surface area contributed by atoms with Crippen LogP contribution in [0.25, 0.3) is 0 Å². The molecule has 22 heavy (non-hydrogen) atoms. The zero-order valence-corrected chi connectivity index (χ0v) is 14.5. The molecule has 1 aromatic heterocycles. The van der Waals surface area contributed by atoms with Gasteiger partial charge in [0.2, 0.25) is 0 Å². The van der Waals surface area contributed by atoms with Crippen LogP contribution >= 0.6 is 11.3 Å². The van der Waals surface area contributed by atoms with Crippen LogP contribution in [0, 0.1) is 0 Å². The number of likely N-dealkylation sites (N-methyl/N-ethyl adjacent to an activating group) is 1. The number of hydrogen-bond donors (Lipinski definition) is 0. The smallest absolute Gasteiger partial charge is 0.410 e. The monoisotopic (exact) mass is 324 g/mol. The van der Waals surface area contributed by atoms with Crippen molar-refractivity contribution in [3.63, 3.8) is 0 Å². The fraction of sp³-hybridized carbons (Fsp3) is 0.625. The van der Waals surface area contributed by atoms with Crippen LogP contribution in [0.3, 0.4) is 0 Å². The van der Waals surface area contributed by atoms with Gasteiger partial charge >= 0.3 is 6.09 Å². The van der Waals surface area contributed by atoms with Crippen molar-refractivity contribution in [3.8, 4) is 0 Å². The Kier molecular flexibility index (Phi) is 5.11. The molecule has 0 saturated carbocycles. The van der Waals surface area contributed by atoms with E-state index in [-0.39, 0.29) is 18.0 Å². The van der Waals surface area contributed by atoms with Gasteiger partial charge in [0.25, 0.3) is 5.91 Å². The fourth-order valence-corrected chi connectivity index (χ4v) is 3.14. The van der Waals surface area contributed by atoms with E-state index in [4.69, 9.17) is 4.74 Å². The molecule has 0 spiro atoms. The largest absolute Gasteiger partial charge is 0.444 e. The third-order valence-electron chi connectivity index (χ3n) is 3.68. The lowest BCUT2D eigenvalue weighted by molar-refractivity contribution is 0.0131. The molecule has 1 atom stereocenters. The van der Waals surface area contributed by atoms with Gasteiger partial charge in [-0.15, -0.1) is 0 Å². The molecular weight excluding hydrogens is 300 g/mol. The lowest BCUT2D eigenvalue weighted by Crippen LogP contribution is -2.51. The van der Waals surface area contributed by atoms with E-state index in [1.54, 1.807) is 11.9 Å². The Labute approximate surface area is 135 Å². The zero-order valence-electron chi connectivity index (χ0n) is 13.7. The molecule has 0 unspecified atom stereocenters. The Balaban J connectivity index is 1.98. The molecule has 5 nitrogen and oxygen atoms in total. The molecule has 1 aliphatic rings. The van der Waals surface area contributed by atoms with Gasteiger partial charge in [0.05, 0.1) is 11.6 Å². The summed E-state index contributed by atoms with van der Waals surface area (Å²) in [5.41, 5.74) is 0.220. The van der Waals surface area contributed by atoms with E-state index in [1.165, 1.54) is 11.3 Å². The quantitative estimate of drug-likeness (QED) is 0.839. The zero-order chi connectivity index (χ0) is 16.3. The van der Waals surface area contributed by atoms with Crippen molar-refractivity contribution in [1.29, 1.82) is 0 Å². The predicted molar refractivity (Wildman–Crippen MR) is 87.2 cm³/mol. The number of nitrogens with zero attached hydrogens (tertiary/aromatic N) is 2. The Bertz CT molecular complexity index is 522. The van der Waals surface area contributed by atoms with E-state index in [9.17, 15) is 9.59 Å². The van der Waals surface area contributed by atoms with Crippen LogP contribution in [0.2, 0.25) is 0 Å². The van der Waals surface area contributed by atoms with Crippen molar-refractivity contribution in [3.05, 3.63) is 22.4 Å². The maximum atomic E-state index is 12.4. The highest BCUT2D eigenvalue weighted by atomic mass is 32.1. The van der Waals surface area contributed by atoms with Gasteiger partial charge in [0.15, 0.2) is 0 Å². The van der Waals surface area contributed by atoms with Crippen LogP contribution in [-0.2, 0) is 4.74 Å². The SMILES string of the molecule is CN(C(=O)OC(C)(C)C)[C@H]1CCCN(C(=O)c2ccsc2)C1. The van der Waals surface area contributed by atoms with Crippen LogP contribution in [0.15, 0.2) is 16.8 Å². The molecule has 0 radical (unpaired) electrons. The van der Waals surface area contributed by atoms with E-state index in [0.717, 1.165) is 24.9 Å². The van der Waals surface area contributed by atoms with Gasteiger partial charge in [-0.1, -0.05) is 0 Å². The number of likely N-dealkylation sites (tertiary alicyclic amines) is 1. The van der Waals surface area contributed by atoms with E-state index in [1.807, 2.05) is 42.5 Å². The number of ether oxygens (including phenoxy) is 1. The van der Waals surface area contributed by atoms with Crippen LogP contribution in [-0.4, -0.2) is 53.6 Å². The fourth-order valence-electron chi connectivity index (χ4n) is 2.51. The molecule has 0 aromatic carbocycles. The average molecular weight is 324 g/mol. The van der Waals surface area contributed by atoms with E-state index >= 15 is 0 Å². The van der Waals surface area contributed by atoms with E-state index < -0.39 is 5.60 Å². The molecule has 1 fully saturated rings. The van der Waals surface area contributed by atoms with Crippen molar-refractivity contribution >= 4 is 23.3 Å². The average Bonchev–Trinajstić information content (AvgIpc) is 2.98. The first-order valence-electron chi connectivity index (χ1n) is 7.55. The molecule has 0 N–H and O–H groups in total. The topological polar surface area (TPSA) is 49.9 Å². The first-order valence-corrected chi connectivity index (χ1v) is 8.49. The summed E-state index contributed by atoms with van der Waals surface area (Å²) in [5.74, 6) is 0.0449. The second kappa shape index (κ2) is 6.69. The molecule has 2 heterocycles. The highest BCUT2D eigenvalue weighted by molar-refractivity contribution is 7.08. The second-order valence-electron chi connectivity index (χ2n) is 6.65. The lowest BCUT2D eigenvalue weighted by atomic mass is 10.0. The number of carbonyl (C=O) groups excluding carboxylic acids is 2. The number of hydrogen-bond acceptors (Lipinski definition) is 4. The number of amides is 2. The van der Waals surface area contributed by atoms with Crippen LogP contribution in [0.5, 0.6) is 0 Å². The molecule has 1 aromatic rings. The summed E-state index contributed by atoms with van der Waals surface area (Å²) in [6.07, 6.45) is 1.46. The summed E-state index contributed by atoms with van der Waals surface area (Å²) >= 11 is 1.52. The summed E-state index contributed by atoms with van der Waals surface area (Å²) in [4.78, 5) is 28.0. The van der Waals surface area contributed by atoms with Gasteiger partial charge < -0.3 is 14.5 Å². The van der Waals surface area contributed by atoms with E-state index in [2.05, 4.69) is 0 Å². The molecule has 0 aliphatic carbocycles. The van der Waals surface area contributed by atoms with Gasteiger partial charge in [0, 0.05) is 25.5 Å². The third kappa shape index (κ3) is 4.22. The summed E-state index contributed by atoms with van der Waals surface area (Å²) in [7, 11) is 1.75. The number of rotatable bonds is 2. The Hall–Kier alpha value is -1.56. The minimum Gasteiger partial charge on any atom is -0.444 e. The standard InChI is InChI=1S/C16H24N2O3S/c1-16(2,3)21-15(20)17(4)13-6-5-8-18(10-13)14(19)12-7-9-22-11-12/h7,9,11,13H,5-6,8,10H2,1-4H3/t13-/m0/s1. The molecule has 122 valence electrons. The molecule has 0 bridgehead atoms. The first kappa shape index (κ1) is 16.8. The summed E-state index contributed by atoms with van der Waals surface area (Å²) in [5, 5.41) is 3.77.